The van der Waals surface area contributed by atoms with Gasteiger partial charge >= 0.3 is 0 Å². The molecule has 0 radical (unpaired) electrons. The third-order valence-corrected chi connectivity index (χ3v) is 3.34. The molecule has 1 amide bonds. The van der Waals surface area contributed by atoms with Gasteiger partial charge in [-0.15, -0.1) is 0 Å². The quantitative estimate of drug-likeness (QED) is 0.798. The lowest BCUT2D eigenvalue weighted by molar-refractivity contribution is -0.131. The van der Waals surface area contributed by atoms with Crippen LogP contribution < -0.4 is 5.32 Å². The summed E-state index contributed by atoms with van der Waals surface area (Å²) < 4.78 is 0. The minimum atomic E-state index is 0.256. The number of rotatable bonds is 3. The second-order valence-corrected chi connectivity index (χ2v) is 4.54. The lowest BCUT2D eigenvalue weighted by Gasteiger charge is -2.27. The van der Waals surface area contributed by atoms with Crippen molar-refractivity contribution in [1.29, 1.82) is 0 Å². The summed E-state index contributed by atoms with van der Waals surface area (Å²) in [6.45, 7) is 7.48. The molecule has 0 bridgehead atoms. The van der Waals surface area contributed by atoms with Gasteiger partial charge in [-0.25, -0.2) is 0 Å². The summed E-state index contributed by atoms with van der Waals surface area (Å²) in [7, 11) is 0. The Labute approximate surface area is 102 Å². The van der Waals surface area contributed by atoms with Crippen LogP contribution in [0, 0.1) is 13.8 Å². The second-order valence-electron chi connectivity index (χ2n) is 4.54. The Kier molecular flexibility index (Phi) is 3.78. The van der Waals surface area contributed by atoms with Crippen LogP contribution in [-0.2, 0) is 11.2 Å². The lowest BCUT2D eigenvalue weighted by atomic mass is 10.1. The normalized spacial score (nSPS) is 16.2. The van der Waals surface area contributed by atoms with E-state index in [0.29, 0.717) is 6.42 Å². The van der Waals surface area contributed by atoms with Gasteiger partial charge in [-0.05, 0) is 25.8 Å². The first-order chi connectivity index (χ1) is 8.18. The molecule has 1 saturated heterocycles. The van der Waals surface area contributed by atoms with Gasteiger partial charge in [0, 0.05) is 38.3 Å². The molecule has 0 saturated carbocycles. The fourth-order valence-corrected chi connectivity index (χ4v) is 2.25. The molecule has 0 aliphatic carbocycles. The van der Waals surface area contributed by atoms with E-state index in [-0.39, 0.29) is 5.91 Å². The molecule has 1 fully saturated rings. The summed E-state index contributed by atoms with van der Waals surface area (Å²) in [5.74, 6) is 0.256. The average Bonchev–Trinajstić information content (AvgIpc) is 2.67. The van der Waals surface area contributed by atoms with Crippen LogP contribution in [0.25, 0.3) is 0 Å². The minimum Gasteiger partial charge on any atom is -0.340 e. The van der Waals surface area contributed by atoms with Crippen LogP contribution in [0.4, 0.5) is 0 Å². The van der Waals surface area contributed by atoms with Crippen molar-refractivity contribution in [2.24, 2.45) is 0 Å². The number of carbonyl (C=O) groups is 1. The number of aromatic amines is 1. The Bertz CT molecular complexity index is 374. The van der Waals surface area contributed by atoms with Crippen molar-refractivity contribution < 1.29 is 4.79 Å². The summed E-state index contributed by atoms with van der Waals surface area (Å²) in [4.78, 5) is 13.9. The Balaban J connectivity index is 1.87. The number of carbonyl (C=O) groups excluding carboxylic acids is 1. The number of amides is 1. The molecular formula is C12H20N4O. The number of nitrogens with zero attached hydrogens (tertiary/aromatic N) is 2. The number of hydrogen-bond donors (Lipinski definition) is 2. The molecule has 1 aromatic heterocycles. The van der Waals surface area contributed by atoms with Gasteiger partial charge in [-0.2, -0.15) is 5.10 Å². The molecule has 2 heterocycles. The summed E-state index contributed by atoms with van der Waals surface area (Å²) in [6, 6.07) is 0. The molecule has 0 spiro atoms. The Hall–Kier alpha value is -1.36. The molecule has 1 aliphatic heterocycles. The molecule has 94 valence electrons. The predicted octanol–water partition coefficient (Wildman–Crippen LogP) is 0.391. The molecule has 5 heteroatoms. The smallest absolute Gasteiger partial charge is 0.222 e. The van der Waals surface area contributed by atoms with Gasteiger partial charge in [0.15, 0.2) is 0 Å². The number of piperazine rings is 1. The summed E-state index contributed by atoms with van der Waals surface area (Å²) in [5.41, 5.74) is 3.28. The van der Waals surface area contributed by atoms with Crippen molar-refractivity contribution in [3.8, 4) is 0 Å². The molecule has 0 atom stereocenters. The first-order valence-electron chi connectivity index (χ1n) is 6.17. The van der Waals surface area contributed by atoms with E-state index in [1.54, 1.807) is 0 Å². The molecule has 0 aromatic carbocycles. The van der Waals surface area contributed by atoms with Crippen molar-refractivity contribution in [2.45, 2.75) is 26.7 Å². The SMILES string of the molecule is Cc1n[nH]c(C)c1CCC(=O)N1CCNCC1. The van der Waals surface area contributed by atoms with E-state index in [1.165, 1.54) is 5.56 Å². The third-order valence-electron chi connectivity index (χ3n) is 3.34. The maximum atomic E-state index is 12.0. The number of aryl methyl sites for hydroxylation is 2. The third kappa shape index (κ3) is 2.85. The van der Waals surface area contributed by atoms with E-state index in [0.717, 1.165) is 44.0 Å². The van der Waals surface area contributed by atoms with Crippen molar-refractivity contribution in [3.63, 3.8) is 0 Å². The number of aromatic nitrogens is 2. The van der Waals surface area contributed by atoms with Gasteiger partial charge in [-0.1, -0.05) is 0 Å². The summed E-state index contributed by atoms with van der Waals surface area (Å²) in [6.07, 6.45) is 1.37. The van der Waals surface area contributed by atoms with Crippen LogP contribution >= 0.6 is 0 Å². The van der Waals surface area contributed by atoms with Gasteiger partial charge in [0.25, 0.3) is 0 Å². The van der Waals surface area contributed by atoms with E-state index >= 15 is 0 Å². The van der Waals surface area contributed by atoms with Gasteiger partial charge < -0.3 is 10.2 Å². The Morgan fingerprint density at radius 3 is 2.65 bits per heavy atom. The molecule has 1 aromatic rings. The zero-order chi connectivity index (χ0) is 12.3. The molecule has 17 heavy (non-hydrogen) atoms. The molecule has 2 N–H and O–H groups in total. The van der Waals surface area contributed by atoms with Crippen LogP contribution in [0.3, 0.4) is 0 Å². The first-order valence-corrected chi connectivity index (χ1v) is 6.17. The number of H-pyrrole nitrogens is 1. The van der Waals surface area contributed by atoms with Crippen LogP contribution in [-0.4, -0.2) is 47.2 Å². The second kappa shape index (κ2) is 5.31. The minimum absolute atomic E-state index is 0.256. The predicted molar refractivity (Wildman–Crippen MR) is 65.8 cm³/mol. The highest BCUT2D eigenvalue weighted by Crippen LogP contribution is 2.12. The molecule has 5 nitrogen and oxygen atoms in total. The maximum absolute atomic E-state index is 12.0. The van der Waals surface area contributed by atoms with Gasteiger partial charge in [-0.3, -0.25) is 9.89 Å². The van der Waals surface area contributed by atoms with Gasteiger partial charge in [0.05, 0.1) is 5.69 Å². The van der Waals surface area contributed by atoms with E-state index in [9.17, 15) is 4.79 Å². The Morgan fingerprint density at radius 1 is 1.35 bits per heavy atom. The molecule has 2 rings (SSSR count). The van der Waals surface area contributed by atoms with E-state index < -0.39 is 0 Å². The van der Waals surface area contributed by atoms with Crippen molar-refractivity contribution in [2.75, 3.05) is 26.2 Å². The van der Waals surface area contributed by atoms with E-state index in [1.807, 2.05) is 18.7 Å². The van der Waals surface area contributed by atoms with Crippen molar-refractivity contribution >= 4 is 5.91 Å². The largest absolute Gasteiger partial charge is 0.340 e. The summed E-state index contributed by atoms with van der Waals surface area (Å²) in [5, 5.41) is 10.4. The topological polar surface area (TPSA) is 61.0 Å². The van der Waals surface area contributed by atoms with E-state index in [2.05, 4.69) is 15.5 Å². The maximum Gasteiger partial charge on any atom is 0.222 e. The van der Waals surface area contributed by atoms with Crippen LogP contribution in [0.1, 0.15) is 23.4 Å². The Morgan fingerprint density at radius 2 is 2.06 bits per heavy atom. The standard InChI is InChI=1S/C12H20N4O/c1-9-11(10(2)15-14-9)3-4-12(17)16-7-5-13-6-8-16/h13H,3-8H2,1-2H3,(H,14,15). The highest BCUT2D eigenvalue weighted by Gasteiger charge is 2.17. The lowest BCUT2D eigenvalue weighted by Crippen LogP contribution is -2.46. The summed E-state index contributed by atoms with van der Waals surface area (Å²) >= 11 is 0. The average molecular weight is 236 g/mol. The van der Waals surface area contributed by atoms with Crippen molar-refractivity contribution in [3.05, 3.63) is 17.0 Å². The highest BCUT2D eigenvalue weighted by molar-refractivity contribution is 5.76. The van der Waals surface area contributed by atoms with Gasteiger partial charge in [0.2, 0.25) is 5.91 Å². The first kappa shape index (κ1) is 12.1. The molecular weight excluding hydrogens is 216 g/mol. The zero-order valence-electron chi connectivity index (χ0n) is 10.5. The van der Waals surface area contributed by atoms with Gasteiger partial charge in [0.1, 0.15) is 0 Å². The fraction of sp³-hybridized carbons (Fsp3) is 0.667. The number of nitrogens with one attached hydrogen (secondary N) is 2. The van der Waals surface area contributed by atoms with Crippen LogP contribution in [0.15, 0.2) is 0 Å². The number of hydrogen-bond acceptors (Lipinski definition) is 3. The molecule has 0 unspecified atom stereocenters. The van der Waals surface area contributed by atoms with Crippen molar-refractivity contribution in [1.82, 2.24) is 20.4 Å². The van der Waals surface area contributed by atoms with Crippen LogP contribution in [0.5, 0.6) is 0 Å². The van der Waals surface area contributed by atoms with E-state index in [4.69, 9.17) is 0 Å². The zero-order valence-corrected chi connectivity index (χ0v) is 10.5. The fourth-order valence-electron chi connectivity index (χ4n) is 2.25. The highest BCUT2D eigenvalue weighted by atomic mass is 16.2. The molecule has 1 aliphatic rings. The van der Waals surface area contributed by atoms with Crippen LogP contribution in [0.2, 0.25) is 0 Å². The monoisotopic (exact) mass is 236 g/mol.